The number of aryl methyl sites for hydroxylation is 3. The molecule has 2 heterocycles. The molecular weight excluding hydrogens is 434 g/mol. The summed E-state index contributed by atoms with van der Waals surface area (Å²) in [7, 11) is 0. The molecule has 0 fully saturated rings. The zero-order valence-electron chi connectivity index (χ0n) is 19.3. The van der Waals surface area contributed by atoms with Gasteiger partial charge in [-0.1, -0.05) is 29.8 Å². The third kappa shape index (κ3) is 4.85. The zero-order valence-corrected chi connectivity index (χ0v) is 20.1. The van der Waals surface area contributed by atoms with Gasteiger partial charge in [0.15, 0.2) is 5.52 Å². The fraction of sp³-hybridized carbons (Fsp3) is 0.280. The molecule has 33 heavy (non-hydrogen) atoms. The van der Waals surface area contributed by atoms with Crippen molar-refractivity contribution < 1.29 is 4.79 Å². The summed E-state index contributed by atoms with van der Waals surface area (Å²) >= 11 is 1.70. The lowest BCUT2D eigenvalue weighted by atomic mass is 10.1. The molecule has 0 aliphatic rings. The number of fused-ring (bicyclic) bond motifs is 1. The molecule has 0 unspecified atom stereocenters. The molecule has 4 rings (SSSR count). The molecule has 0 saturated carbocycles. The van der Waals surface area contributed by atoms with Crippen LogP contribution in [0.4, 0.5) is 0 Å². The maximum absolute atomic E-state index is 13.1. The second-order valence-electron chi connectivity index (χ2n) is 8.05. The van der Waals surface area contributed by atoms with Crippen molar-refractivity contribution in [3.05, 3.63) is 81.4 Å². The van der Waals surface area contributed by atoms with Crippen molar-refractivity contribution in [2.45, 2.75) is 38.6 Å². The summed E-state index contributed by atoms with van der Waals surface area (Å²) in [4.78, 5) is 26.8. The molecule has 1 N–H and O–H groups in total. The van der Waals surface area contributed by atoms with Gasteiger partial charge in [0.05, 0.1) is 22.5 Å². The van der Waals surface area contributed by atoms with Gasteiger partial charge in [0.1, 0.15) is 6.54 Å². The third-order valence-electron chi connectivity index (χ3n) is 5.65. The zero-order chi connectivity index (χ0) is 23.5. The number of hydrogen-bond donors (Lipinski definition) is 1. The average molecular weight is 462 g/mol. The maximum Gasteiger partial charge on any atom is 0.295 e. The molecule has 2 aromatic heterocycles. The number of hydrogen-bond acceptors (Lipinski definition) is 5. The first kappa shape index (κ1) is 22.8. The number of aromatic nitrogens is 4. The molecule has 0 aliphatic carbocycles. The topological polar surface area (TPSA) is 81.8 Å². The number of rotatable bonds is 7. The minimum absolute atomic E-state index is 0.141. The van der Waals surface area contributed by atoms with Crippen LogP contribution in [0.3, 0.4) is 0 Å². The third-order valence-corrected chi connectivity index (χ3v) is 6.40. The molecule has 0 radical (unpaired) electrons. The molecule has 4 aromatic rings. The highest BCUT2D eigenvalue weighted by Gasteiger charge is 2.18. The van der Waals surface area contributed by atoms with Crippen molar-refractivity contribution >= 4 is 28.6 Å². The van der Waals surface area contributed by atoms with Crippen LogP contribution < -0.4 is 10.9 Å². The first-order valence-corrected chi connectivity index (χ1v) is 12.0. The SMILES string of the molecule is CSc1ccc(CCNC(=O)Cn2nc(C)c3c(C)n(-c4ccc(C)cc4)nc3c2=O)cc1. The van der Waals surface area contributed by atoms with Crippen LogP contribution in [0.5, 0.6) is 0 Å². The van der Waals surface area contributed by atoms with Crippen molar-refractivity contribution in [1.29, 1.82) is 0 Å². The molecule has 0 saturated heterocycles. The fourth-order valence-electron chi connectivity index (χ4n) is 3.86. The number of benzene rings is 2. The Kier molecular flexibility index (Phi) is 6.65. The van der Waals surface area contributed by atoms with Gasteiger partial charge in [-0.05, 0) is 63.3 Å². The summed E-state index contributed by atoms with van der Waals surface area (Å²) in [6.45, 7) is 6.13. The Balaban J connectivity index is 1.50. The number of nitrogens with one attached hydrogen (secondary N) is 1. The molecule has 2 aromatic carbocycles. The first-order valence-electron chi connectivity index (χ1n) is 10.8. The monoisotopic (exact) mass is 461 g/mol. The van der Waals surface area contributed by atoms with Gasteiger partial charge in [-0.25, -0.2) is 9.36 Å². The quantitative estimate of drug-likeness (QED) is 0.426. The predicted octanol–water partition coefficient (Wildman–Crippen LogP) is 3.59. The highest BCUT2D eigenvalue weighted by atomic mass is 32.2. The van der Waals surface area contributed by atoms with Gasteiger partial charge in [-0.15, -0.1) is 11.8 Å². The number of carbonyl (C=O) groups excluding carboxylic acids is 1. The fourth-order valence-corrected chi connectivity index (χ4v) is 4.27. The van der Waals surface area contributed by atoms with Crippen LogP contribution in [-0.2, 0) is 17.8 Å². The van der Waals surface area contributed by atoms with Crippen LogP contribution in [0.2, 0.25) is 0 Å². The van der Waals surface area contributed by atoms with E-state index in [1.54, 1.807) is 16.4 Å². The number of amides is 1. The van der Waals surface area contributed by atoms with Gasteiger partial charge >= 0.3 is 0 Å². The Morgan fingerprint density at radius 3 is 2.36 bits per heavy atom. The van der Waals surface area contributed by atoms with Gasteiger partial charge in [-0.3, -0.25) is 9.59 Å². The summed E-state index contributed by atoms with van der Waals surface area (Å²) in [5, 5.41) is 12.6. The van der Waals surface area contributed by atoms with E-state index in [2.05, 4.69) is 39.8 Å². The van der Waals surface area contributed by atoms with Gasteiger partial charge in [0, 0.05) is 11.4 Å². The highest BCUT2D eigenvalue weighted by molar-refractivity contribution is 7.98. The summed E-state index contributed by atoms with van der Waals surface area (Å²) in [5.74, 6) is -0.251. The van der Waals surface area contributed by atoms with Gasteiger partial charge < -0.3 is 5.32 Å². The highest BCUT2D eigenvalue weighted by Crippen LogP contribution is 2.21. The Morgan fingerprint density at radius 1 is 1.00 bits per heavy atom. The second kappa shape index (κ2) is 9.62. The van der Waals surface area contributed by atoms with Gasteiger partial charge in [-0.2, -0.15) is 10.2 Å². The Labute approximate surface area is 196 Å². The van der Waals surface area contributed by atoms with Crippen molar-refractivity contribution in [2.75, 3.05) is 12.8 Å². The molecule has 0 spiro atoms. The Bertz CT molecular complexity index is 1360. The maximum atomic E-state index is 13.1. The summed E-state index contributed by atoms with van der Waals surface area (Å²) < 4.78 is 2.96. The van der Waals surface area contributed by atoms with Crippen LogP contribution in [0, 0.1) is 20.8 Å². The number of nitrogens with zero attached hydrogens (tertiary/aromatic N) is 4. The van der Waals surface area contributed by atoms with E-state index in [4.69, 9.17) is 0 Å². The lowest BCUT2D eigenvalue weighted by molar-refractivity contribution is -0.121. The van der Waals surface area contributed by atoms with E-state index in [9.17, 15) is 9.59 Å². The Morgan fingerprint density at radius 2 is 1.70 bits per heavy atom. The van der Waals surface area contributed by atoms with E-state index in [-0.39, 0.29) is 18.0 Å². The molecule has 170 valence electrons. The molecule has 0 atom stereocenters. The smallest absolute Gasteiger partial charge is 0.295 e. The average Bonchev–Trinajstić information content (AvgIpc) is 3.16. The number of carbonyl (C=O) groups is 1. The minimum atomic E-state index is -0.368. The molecule has 8 heteroatoms. The Hall–Kier alpha value is -3.39. The van der Waals surface area contributed by atoms with E-state index >= 15 is 0 Å². The van der Waals surface area contributed by atoms with Crippen LogP contribution in [0.1, 0.15) is 22.5 Å². The predicted molar refractivity (Wildman–Crippen MR) is 132 cm³/mol. The molecule has 0 bridgehead atoms. The molecule has 0 aliphatic heterocycles. The normalized spacial score (nSPS) is 11.2. The first-order chi connectivity index (χ1) is 15.9. The van der Waals surface area contributed by atoms with Crippen LogP contribution in [0.25, 0.3) is 16.6 Å². The standard InChI is InChI=1S/C25H27N5O2S/c1-16-5-9-20(10-6-16)30-18(3)23-17(2)27-29(25(32)24(23)28-30)15-22(31)26-14-13-19-7-11-21(33-4)12-8-19/h5-12H,13-15H2,1-4H3,(H,26,31). The van der Waals surface area contributed by atoms with Crippen LogP contribution in [0.15, 0.2) is 58.2 Å². The van der Waals surface area contributed by atoms with Gasteiger partial charge in [0.25, 0.3) is 5.56 Å². The van der Waals surface area contributed by atoms with E-state index < -0.39 is 0 Å². The van der Waals surface area contributed by atoms with Crippen molar-refractivity contribution in [3.63, 3.8) is 0 Å². The molecule has 1 amide bonds. The second-order valence-corrected chi connectivity index (χ2v) is 8.93. The van der Waals surface area contributed by atoms with E-state index in [1.807, 2.05) is 51.3 Å². The molecule has 7 nitrogen and oxygen atoms in total. The lowest BCUT2D eigenvalue weighted by Gasteiger charge is -2.08. The van der Waals surface area contributed by atoms with E-state index in [1.165, 1.54) is 9.58 Å². The summed E-state index contributed by atoms with van der Waals surface area (Å²) in [5.41, 5.74) is 4.65. The van der Waals surface area contributed by atoms with E-state index in [0.29, 0.717) is 17.8 Å². The minimum Gasteiger partial charge on any atom is -0.354 e. The summed E-state index contributed by atoms with van der Waals surface area (Å²) in [6, 6.07) is 16.2. The van der Waals surface area contributed by atoms with Crippen molar-refractivity contribution in [1.82, 2.24) is 24.9 Å². The van der Waals surface area contributed by atoms with Gasteiger partial charge in [0.2, 0.25) is 5.91 Å². The van der Waals surface area contributed by atoms with Crippen molar-refractivity contribution in [2.24, 2.45) is 0 Å². The van der Waals surface area contributed by atoms with Crippen LogP contribution in [-0.4, -0.2) is 38.3 Å². The summed E-state index contributed by atoms with van der Waals surface area (Å²) in [6.07, 6.45) is 2.76. The largest absolute Gasteiger partial charge is 0.354 e. The van der Waals surface area contributed by atoms with Crippen LogP contribution >= 0.6 is 11.8 Å². The van der Waals surface area contributed by atoms with Crippen molar-refractivity contribution in [3.8, 4) is 5.69 Å². The lowest BCUT2D eigenvalue weighted by Crippen LogP contribution is -2.35. The van der Waals surface area contributed by atoms with E-state index in [0.717, 1.165) is 34.3 Å². The number of thioether (sulfide) groups is 1. The molecular formula is C25H27N5O2S.